The number of nitrogens with zero attached hydrogens (tertiary/aromatic N) is 1. The number of aryl methyl sites for hydroxylation is 3. The second-order valence-corrected chi connectivity index (χ2v) is 8.01. The van der Waals surface area contributed by atoms with Gasteiger partial charge in [0.05, 0.1) is 0 Å². The molecule has 156 valence electrons. The summed E-state index contributed by atoms with van der Waals surface area (Å²) < 4.78 is 0. The highest BCUT2D eigenvalue weighted by molar-refractivity contribution is 5.78. The van der Waals surface area contributed by atoms with E-state index < -0.39 is 0 Å². The third-order valence-electron chi connectivity index (χ3n) is 5.80. The van der Waals surface area contributed by atoms with Crippen LogP contribution in [0.1, 0.15) is 23.1 Å². The topological polar surface area (TPSA) is 23.5 Å². The van der Waals surface area contributed by atoms with E-state index in [-0.39, 0.29) is 6.61 Å². The number of anilines is 3. The maximum atomic E-state index is 9.11. The zero-order valence-electron chi connectivity index (χ0n) is 18.3. The maximum absolute atomic E-state index is 9.11. The van der Waals surface area contributed by atoms with Crippen LogP contribution >= 0.6 is 0 Å². The van der Waals surface area contributed by atoms with Gasteiger partial charge in [-0.25, -0.2) is 0 Å². The van der Waals surface area contributed by atoms with Gasteiger partial charge in [0.1, 0.15) is 0 Å². The summed E-state index contributed by atoms with van der Waals surface area (Å²) in [5, 5.41) is 9.11. The molecule has 0 atom stereocenters. The van der Waals surface area contributed by atoms with Crippen LogP contribution < -0.4 is 4.90 Å². The predicted octanol–water partition coefficient (Wildman–Crippen LogP) is 7.37. The first-order chi connectivity index (χ1) is 15.2. The van der Waals surface area contributed by atoms with E-state index in [1.54, 1.807) is 0 Å². The van der Waals surface area contributed by atoms with Gasteiger partial charge in [-0.2, -0.15) is 0 Å². The van der Waals surface area contributed by atoms with Crippen LogP contribution in [0.2, 0.25) is 0 Å². The Hall–Kier alpha value is -3.36. The summed E-state index contributed by atoms with van der Waals surface area (Å²) in [6.45, 7) is 4.53. The lowest BCUT2D eigenvalue weighted by atomic mass is 10.0. The largest absolute Gasteiger partial charge is 0.396 e. The molecule has 0 amide bonds. The Balaban J connectivity index is 1.72. The lowest BCUT2D eigenvalue weighted by Gasteiger charge is -2.26. The molecule has 2 heteroatoms. The minimum atomic E-state index is 0.226. The van der Waals surface area contributed by atoms with Gasteiger partial charge in [0.2, 0.25) is 0 Å². The van der Waals surface area contributed by atoms with Gasteiger partial charge >= 0.3 is 0 Å². The number of rotatable bonds is 7. The predicted molar refractivity (Wildman–Crippen MR) is 131 cm³/mol. The van der Waals surface area contributed by atoms with E-state index in [4.69, 9.17) is 5.11 Å². The van der Waals surface area contributed by atoms with Crippen molar-refractivity contribution in [2.45, 2.75) is 26.7 Å². The highest BCUT2D eigenvalue weighted by Gasteiger charge is 2.13. The second-order valence-electron chi connectivity index (χ2n) is 8.01. The van der Waals surface area contributed by atoms with Crippen molar-refractivity contribution in [2.75, 3.05) is 11.5 Å². The minimum absolute atomic E-state index is 0.226. The monoisotopic (exact) mass is 407 g/mol. The molecular formula is C29H29NO. The van der Waals surface area contributed by atoms with E-state index in [1.165, 1.54) is 27.8 Å². The molecule has 0 radical (unpaired) electrons. The number of aliphatic hydroxyl groups excluding tert-OH is 1. The van der Waals surface area contributed by atoms with Crippen LogP contribution in [0.3, 0.4) is 0 Å². The molecule has 0 unspecified atom stereocenters. The molecule has 0 saturated carbocycles. The van der Waals surface area contributed by atoms with Crippen LogP contribution in [0, 0.1) is 13.8 Å². The van der Waals surface area contributed by atoms with Gasteiger partial charge in [-0.05, 0) is 90.9 Å². The van der Waals surface area contributed by atoms with Crippen LogP contribution in [-0.2, 0) is 6.42 Å². The van der Waals surface area contributed by atoms with Crippen molar-refractivity contribution < 1.29 is 5.11 Å². The van der Waals surface area contributed by atoms with Crippen molar-refractivity contribution in [1.82, 2.24) is 0 Å². The first-order valence-electron chi connectivity index (χ1n) is 10.9. The van der Waals surface area contributed by atoms with Crippen LogP contribution in [0.5, 0.6) is 0 Å². The fourth-order valence-electron chi connectivity index (χ4n) is 3.84. The lowest BCUT2D eigenvalue weighted by Crippen LogP contribution is -2.10. The van der Waals surface area contributed by atoms with Gasteiger partial charge in [0.15, 0.2) is 0 Å². The Bertz CT molecular complexity index is 1120. The van der Waals surface area contributed by atoms with Crippen molar-refractivity contribution >= 4 is 17.1 Å². The molecule has 4 aromatic carbocycles. The van der Waals surface area contributed by atoms with E-state index in [1.807, 2.05) is 6.07 Å². The molecule has 0 aliphatic heterocycles. The molecular weight excluding hydrogens is 378 g/mol. The third-order valence-corrected chi connectivity index (χ3v) is 5.80. The van der Waals surface area contributed by atoms with Gasteiger partial charge in [-0.15, -0.1) is 0 Å². The first kappa shape index (κ1) is 20.9. The molecule has 4 rings (SSSR count). The van der Waals surface area contributed by atoms with Crippen LogP contribution in [0.15, 0.2) is 97.1 Å². The van der Waals surface area contributed by atoms with Gasteiger partial charge < -0.3 is 10.0 Å². The zero-order chi connectivity index (χ0) is 21.6. The fourth-order valence-corrected chi connectivity index (χ4v) is 3.84. The minimum Gasteiger partial charge on any atom is -0.396 e. The summed E-state index contributed by atoms with van der Waals surface area (Å²) >= 11 is 0. The molecule has 0 aliphatic rings. The molecule has 1 N–H and O–H groups in total. The Morgan fingerprint density at radius 2 is 1.19 bits per heavy atom. The highest BCUT2D eigenvalue weighted by Crippen LogP contribution is 2.36. The molecule has 4 aromatic rings. The zero-order valence-corrected chi connectivity index (χ0v) is 18.3. The Morgan fingerprint density at radius 3 is 1.81 bits per heavy atom. The molecule has 0 heterocycles. The molecule has 0 fully saturated rings. The number of hydrogen-bond donors (Lipinski definition) is 1. The second kappa shape index (κ2) is 9.63. The summed E-state index contributed by atoms with van der Waals surface area (Å²) in [6, 6.07) is 34.5. The van der Waals surface area contributed by atoms with Gasteiger partial charge in [-0.3, -0.25) is 0 Å². The van der Waals surface area contributed by atoms with Crippen LogP contribution in [0.4, 0.5) is 17.1 Å². The standard InChI is InChI=1S/C29H29NO/c1-22-10-15-29(21-23(22)2)30(27-16-11-24(12-17-27)7-6-20-31)28-18-13-26(14-19-28)25-8-4-3-5-9-25/h3-5,8-19,21,31H,6-7,20H2,1-2H3. The van der Waals surface area contributed by atoms with Crippen molar-refractivity contribution in [3.63, 3.8) is 0 Å². The van der Waals surface area contributed by atoms with E-state index in [9.17, 15) is 0 Å². The van der Waals surface area contributed by atoms with E-state index in [0.29, 0.717) is 0 Å². The van der Waals surface area contributed by atoms with Crippen molar-refractivity contribution in [2.24, 2.45) is 0 Å². The van der Waals surface area contributed by atoms with Gasteiger partial charge in [0, 0.05) is 23.7 Å². The number of aliphatic hydroxyl groups is 1. The van der Waals surface area contributed by atoms with Crippen molar-refractivity contribution in [1.29, 1.82) is 0 Å². The van der Waals surface area contributed by atoms with Gasteiger partial charge in [0.25, 0.3) is 0 Å². The first-order valence-corrected chi connectivity index (χ1v) is 10.9. The quantitative estimate of drug-likeness (QED) is 0.346. The van der Waals surface area contributed by atoms with Gasteiger partial charge in [-0.1, -0.05) is 60.7 Å². The van der Waals surface area contributed by atoms with E-state index in [2.05, 4.69) is 110 Å². The maximum Gasteiger partial charge on any atom is 0.0464 e. The Kier molecular flexibility index (Phi) is 6.49. The van der Waals surface area contributed by atoms with Crippen molar-refractivity contribution in [3.05, 3.63) is 114 Å². The summed E-state index contributed by atoms with van der Waals surface area (Å²) in [6.07, 6.45) is 1.69. The number of hydrogen-bond acceptors (Lipinski definition) is 2. The van der Waals surface area contributed by atoms with Crippen LogP contribution in [-0.4, -0.2) is 11.7 Å². The molecule has 0 saturated heterocycles. The Morgan fingerprint density at radius 1 is 0.613 bits per heavy atom. The molecule has 31 heavy (non-hydrogen) atoms. The average molecular weight is 408 g/mol. The van der Waals surface area contributed by atoms with Crippen LogP contribution in [0.25, 0.3) is 11.1 Å². The Labute approximate surface area is 185 Å². The highest BCUT2D eigenvalue weighted by atomic mass is 16.2. The normalized spacial score (nSPS) is 10.8. The summed E-state index contributed by atoms with van der Waals surface area (Å²) in [7, 11) is 0. The number of benzene rings is 4. The van der Waals surface area contributed by atoms with E-state index in [0.717, 1.165) is 29.9 Å². The summed E-state index contributed by atoms with van der Waals surface area (Å²) in [5.41, 5.74) is 9.67. The summed E-state index contributed by atoms with van der Waals surface area (Å²) in [5.74, 6) is 0. The van der Waals surface area contributed by atoms with Crippen molar-refractivity contribution in [3.8, 4) is 11.1 Å². The average Bonchev–Trinajstić information content (AvgIpc) is 2.82. The molecule has 0 bridgehead atoms. The third kappa shape index (κ3) is 4.87. The SMILES string of the molecule is Cc1ccc(N(c2ccc(CCCO)cc2)c2ccc(-c3ccccc3)cc2)cc1C. The summed E-state index contributed by atoms with van der Waals surface area (Å²) in [4.78, 5) is 2.30. The smallest absolute Gasteiger partial charge is 0.0464 e. The molecule has 2 nitrogen and oxygen atoms in total. The van der Waals surface area contributed by atoms with E-state index >= 15 is 0 Å². The molecule has 0 spiro atoms. The fraction of sp³-hybridized carbons (Fsp3) is 0.172. The lowest BCUT2D eigenvalue weighted by molar-refractivity contribution is 0.288. The molecule has 0 aliphatic carbocycles. The molecule has 0 aromatic heterocycles.